The van der Waals surface area contributed by atoms with Crippen LogP contribution in [0.5, 0.6) is 0 Å². The Labute approximate surface area is 199 Å². The minimum absolute atomic E-state index is 0.106. The summed E-state index contributed by atoms with van der Waals surface area (Å²) in [6.45, 7) is 3.39. The number of hydrogen-bond acceptors (Lipinski definition) is 3. The van der Waals surface area contributed by atoms with Gasteiger partial charge in [-0.15, -0.1) is 0 Å². The fraction of sp³-hybridized carbons (Fsp3) is 0.481. The van der Waals surface area contributed by atoms with Gasteiger partial charge in [0.15, 0.2) is 0 Å². The van der Waals surface area contributed by atoms with Crippen molar-refractivity contribution in [1.29, 1.82) is 0 Å². The summed E-state index contributed by atoms with van der Waals surface area (Å²) in [4.78, 5) is 32.5. The van der Waals surface area contributed by atoms with Gasteiger partial charge in [-0.05, 0) is 48.4 Å². The lowest BCUT2D eigenvalue weighted by atomic mass is 9.92. The highest BCUT2D eigenvalue weighted by Crippen LogP contribution is 2.33. The minimum Gasteiger partial charge on any atom is -0.337 e. The molecule has 2 aromatic carbocycles. The first kappa shape index (κ1) is 23.0. The normalized spacial score (nSPS) is 20.3. The number of carbonyl (C=O) groups excluding carboxylic acids is 2. The molecule has 2 aliphatic heterocycles. The lowest BCUT2D eigenvalue weighted by Gasteiger charge is -2.43. The van der Waals surface area contributed by atoms with Crippen molar-refractivity contribution >= 4 is 11.8 Å². The van der Waals surface area contributed by atoms with Crippen LogP contribution < -0.4 is 0 Å². The maximum absolute atomic E-state index is 14.1. The van der Waals surface area contributed by atoms with Crippen molar-refractivity contribution in [2.24, 2.45) is 5.92 Å². The highest BCUT2D eigenvalue weighted by atomic mass is 19.1. The molecule has 1 aliphatic carbocycles. The summed E-state index contributed by atoms with van der Waals surface area (Å²) in [6, 6.07) is 11.2. The molecule has 0 bridgehead atoms. The Kier molecular flexibility index (Phi) is 6.63. The van der Waals surface area contributed by atoms with E-state index in [9.17, 15) is 18.4 Å². The molecule has 0 radical (unpaired) electrons. The van der Waals surface area contributed by atoms with Crippen LogP contribution >= 0.6 is 0 Å². The molecule has 2 fully saturated rings. The molecular weight excluding hydrogens is 436 g/mol. The largest absolute Gasteiger partial charge is 0.337 e. The summed E-state index contributed by atoms with van der Waals surface area (Å²) >= 11 is 0. The molecule has 0 spiro atoms. The van der Waals surface area contributed by atoms with E-state index in [2.05, 4.69) is 23.1 Å². The number of piperazine rings is 1. The second kappa shape index (κ2) is 9.82. The molecule has 1 saturated carbocycles. The van der Waals surface area contributed by atoms with E-state index in [0.717, 1.165) is 50.8 Å². The fourth-order valence-electron chi connectivity index (χ4n) is 5.84. The summed E-state index contributed by atoms with van der Waals surface area (Å²) in [5.41, 5.74) is 2.44. The average Bonchev–Trinajstić information content (AvgIpc) is 3.38. The zero-order valence-corrected chi connectivity index (χ0v) is 19.4. The summed E-state index contributed by atoms with van der Waals surface area (Å²) in [6.07, 6.45) is 5.30. The summed E-state index contributed by atoms with van der Waals surface area (Å²) in [5.74, 6) is -1.42. The molecule has 1 atom stereocenters. The molecule has 5 rings (SSSR count). The van der Waals surface area contributed by atoms with E-state index in [1.165, 1.54) is 17.2 Å². The molecule has 1 saturated heterocycles. The first-order valence-electron chi connectivity index (χ1n) is 12.3. The second-order valence-electron chi connectivity index (χ2n) is 9.72. The Morgan fingerprint density at radius 1 is 0.853 bits per heavy atom. The fourth-order valence-corrected chi connectivity index (χ4v) is 5.84. The van der Waals surface area contributed by atoms with Gasteiger partial charge in [0.1, 0.15) is 11.6 Å². The quantitative estimate of drug-likeness (QED) is 0.686. The lowest BCUT2D eigenvalue weighted by Crippen LogP contribution is -2.58. The van der Waals surface area contributed by atoms with Crippen molar-refractivity contribution in [3.05, 3.63) is 70.8 Å². The van der Waals surface area contributed by atoms with Gasteiger partial charge in [0, 0.05) is 45.3 Å². The van der Waals surface area contributed by atoms with Crippen LogP contribution in [-0.2, 0) is 17.8 Å². The zero-order chi connectivity index (χ0) is 23.7. The minimum atomic E-state index is -0.836. The van der Waals surface area contributed by atoms with E-state index in [4.69, 9.17) is 0 Å². The molecule has 2 aromatic rings. The number of carbonyl (C=O) groups is 2. The van der Waals surface area contributed by atoms with Crippen LogP contribution in [0.25, 0.3) is 0 Å². The third-order valence-electron chi connectivity index (χ3n) is 7.70. The van der Waals surface area contributed by atoms with Crippen LogP contribution in [0.1, 0.15) is 47.2 Å². The molecule has 7 heteroatoms. The van der Waals surface area contributed by atoms with Gasteiger partial charge in [-0.3, -0.25) is 14.5 Å². The molecule has 1 unspecified atom stereocenters. The van der Waals surface area contributed by atoms with E-state index in [-0.39, 0.29) is 17.5 Å². The molecule has 2 heterocycles. The predicted molar refractivity (Wildman–Crippen MR) is 125 cm³/mol. The van der Waals surface area contributed by atoms with Crippen molar-refractivity contribution < 1.29 is 18.4 Å². The van der Waals surface area contributed by atoms with Crippen molar-refractivity contribution in [3.8, 4) is 0 Å². The Bertz CT molecular complexity index is 1060. The summed E-state index contributed by atoms with van der Waals surface area (Å²) in [7, 11) is 0. The molecule has 2 amide bonds. The van der Waals surface area contributed by atoms with Crippen LogP contribution in [0.15, 0.2) is 42.5 Å². The summed E-state index contributed by atoms with van der Waals surface area (Å²) < 4.78 is 27.4. The molecule has 34 heavy (non-hydrogen) atoms. The zero-order valence-electron chi connectivity index (χ0n) is 19.4. The van der Waals surface area contributed by atoms with E-state index in [0.29, 0.717) is 38.6 Å². The molecule has 180 valence electrons. The summed E-state index contributed by atoms with van der Waals surface area (Å²) in [5, 5.41) is 0. The predicted octanol–water partition coefficient (Wildman–Crippen LogP) is 3.87. The highest BCUT2D eigenvalue weighted by molar-refractivity contribution is 5.94. The first-order valence-corrected chi connectivity index (χ1v) is 12.3. The van der Waals surface area contributed by atoms with Crippen molar-refractivity contribution in [2.75, 3.05) is 32.7 Å². The average molecular weight is 468 g/mol. The number of fused-ring (bicyclic) bond motifs is 1. The van der Waals surface area contributed by atoms with Gasteiger partial charge in [0.05, 0.1) is 11.6 Å². The highest BCUT2D eigenvalue weighted by Gasteiger charge is 2.40. The topological polar surface area (TPSA) is 43.9 Å². The van der Waals surface area contributed by atoms with Gasteiger partial charge in [-0.2, -0.15) is 0 Å². The van der Waals surface area contributed by atoms with Crippen LogP contribution in [0.3, 0.4) is 0 Å². The lowest BCUT2D eigenvalue weighted by molar-refractivity contribution is -0.141. The SMILES string of the molecule is O=C(c1ccc(F)cc1F)N1CCN(C(C(=O)N2CCc3ccccc3C2)C2CCCC2)CC1. The number of halogens is 2. The third kappa shape index (κ3) is 4.58. The maximum Gasteiger partial charge on any atom is 0.256 e. The maximum atomic E-state index is 14.1. The molecule has 0 aromatic heterocycles. The Morgan fingerprint density at radius 3 is 2.26 bits per heavy atom. The van der Waals surface area contributed by atoms with Crippen molar-refractivity contribution in [1.82, 2.24) is 14.7 Å². The van der Waals surface area contributed by atoms with Crippen LogP contribution in [-0.4, -0.2) is 65.3 Å². The van der Waals surface area contributed by atoms with Gasteiger partial charge in [-0.25, -0.2) is 8.78 Å². The number of benzene rings is 2. The van der Waals surface area contributed by atoms with Gasteiger partial charge in [0.2, 0.25) is 5.91 Å². The van der Waals surface area contributed by atoms with Gasteiger partial charge in [-0.1, -0.05) is 37.1 Å². The number of nitrogens with zero attached hydrogens (tertiary/aromatic N) is 3. The second-order valence-corrected chi connectivity index (χ2v) is 9.72. The van der Waals surface area contributed by atoms with E-state index < -0.39 is 17.5 Å². The van der Waals surface area contributed by atoms with Gasteiger partial charge < -0.3 is 9.80 Å². The Morgan fingerprint density at radius 2 is 1.56 bits per heavy atom. The standard InChI is InChI=1S/C27H31F2N3O2/c28-22-9-10-23(24(29)17-22)26(33)31-15-13-30(14-16-31)25(20-6-2-3-7-20)27(34)32-12-11-19-5-1-4-8-21(19)18-32/h1,4-5,8-10,17,20,25H,2-3,6-7,11-16,18H2. The van der Waals surface area contributed by atoms with Gasteiger partial charge >= 0.3 is 0 Å². The van der Waals surface area contributed by atoms with Crippen molar-refractivity contribution in [2.45, 2.75) is 44.7 Å². The van der Waals surface area contributed by atoms with Crippen LogP contribution in [0.2, 0.25) is 0 Å². The monoisotopic (exact) mass is 467 g/mol. The number of hydrogen-bond donors (Lipinski definition) is 0. The Balaban J connectivity index is 1.28. The molecule has 5 nitrogen and oxygen atoms in total. The molecule has 0 N–H and O–H groups in total. The molecular formula is C27H31F2N3O2. The Hall–Kier alpha value is -2.80. The first-order chi connectivity index (χ1) is 16.5. The smallest absolute Gasteiger partial charge is 0.256 e. The van der Waals surface area contributed by atoms with E-state index in [1.807, 2.05) is 11.0 Å². The van der Waals surface area contributed by atoms with Crippen molar-refractivity contribution in [3.63, 3.8) is 0 Å². The van der Waals surface area contributed by atoms with Gasteiger partial charge in [0.25, 0.3) is 5.91 Å². The third-order valence-corrected chi connectivity index (χ3v) is 7.70. The van der Waals surface area contributed by atoms with Crippen LogP contribution in [0, 0.1) is 17.6 Å². The van der Waals surface area contributed by atoms with E-state index >= 15 is 0 Å². The number of rotatable bonds is 4. The molecule has 3 aliphatic rings. The van der Waals surface area contributed by atoms with Crippen LogP contribution in [0.4, 0.5) is 8.78 Å². The van der Waals surface area contributed by atoms with E-state index in [1.54, 1.807) is 4.90 Å². The number of amides is 2.